The lowest BCUT2D eigenvalue weighted by Gasteiger charge is -2.21. The highest BCUT2D eigenvalue weighted by molar-refractivity contribution is 5.92. The number of carbonyl (C=O) groups excluding carboxylic acids is 1. The fourth-order valence-corrected chi connectivity index (χ4v) is 2.71. The molecule has 0 spiro atoms. The van der Waals surface area contributed by atoms with Crippen LogP contribution in [0, 0.1) is 0 Å². The number of carbonyl (C=O) groups is 1. The van der Waals surface area contributed by atoms with Gasteiger partial charge >= 0.3 is 6.03 Å². The summed E-state index contributed by atoms with van der Waals surface area (Å²) in [6.45, 7) is 0.456. The van der Waals surface area contributed by atoms with E-state index >= 15 is 0 Å². The van der Waals surface area contributed by atoms with E-state index in [0.29, 0.717) is 6.54 Å². The van der Waals surface area contributed by atoms with Gasteiger partial charge in [-0.05, 0) is 35.2 Å². The van der Waals surface area contributed by atoms with E-state index in [0.717, 1.165) is 23.2 Å². The maximum atomic E-state index is 12.5. The second kappa shape index (κ2) is 8.11. The van der Waals surface area contributed by atoms with Gasteiger partial charge in [0.25, 0.3) is 0 Å². The van der Waals surface area contributed by atoms with Crippen LogP contribution in [0.25, 0.3) is 0 Å². The molecule has 0 aliphatic carbocycles. The van der Waals surface area contributed by atoms with Crippen LogP contribution in [0.2, 0.25) is 0 Å². The Labute approximate surface area is 148 Å². The van der Waals surface area contributed by atoms with Gasteiger partial charge in [-0.1, -0.05) is 54.6 Å². The highest BCUT2D eigenvalue weighted by Crippen LogP contribution is 2.22. The molecule has 3 aromatic rings. The van der Waals surface area contributed by atoms with Gasteiger partial charge in [0.05, 0.1) is 0 Å². The fraction of sp³-hybridized carbons (Fsp3) is 0.143. The van der Waals surface area contributed by atoms with E-state index in [4.69, 9.17) is 0 Å². The highest BCUT2D eigenvalue weighted by atomic mass is 16.2. The number of nitrogens with zero attached hydrogens (tertiary/aromatic N) is 2. The van der Waals surface area contributed by atoms with Crippen LogP contribution in [0.4, 0.5) is 10.5 Å². The summed E-state index contributed by atoms with van der Waals surface area (Å²) in [5, 5.41) is 2.94. The third-order valence-electron chi connectivity index (χ3n) is 4.06. The molecule has 0 unspecified atom stereocenters. The topological polar surface area (TPSA) is 45.2 Å². The van der Waals surface area contributed by atoms with Crippen molar-refractivity contribution in [2.24, 2.45) is 0 Å². The number of anilines is 1. The minimum absolute atomic E-state index is 0.135. The summed E-state index contributed by atoms with van der Waals surface area (Å²) >= 11 is 0. The molecule has 0 atom stereocenters. The van der Waals surface area contributed by atoms with Gasteiger partial charge in [-0.3, -0.25) is 9.88 Å². The van der Waals surface area contributed by atoms with Crippen molar-refractivity contribution in [1.29, 1.82) is 0 Å². The molecule has 0 aliphatic rings. The van der Waals surface area contributed by atoms with E-state index in [2.05, 4.69) is 28.5 Å². The van der Waals surface area contributed by atoms with E-state index in [1.54, 1.807) is 24.3 Å². The molecule has 1 heterocycles. The van der Waals surface area contributed by atoms with Crippen molar-refractivity contribution in [1.82, 2.24) is 10.3 Å². The number of para-hydroxylation sites is 1. The molecular formula is C21H21N3O. The summed E-state index contributed by atoms with van der Waals surface area (Å²) in [7, 11) is 1.79. The summed E-state index contributed by atoms with van der Waals surface area (Å²) < 4.78 is 0. The molecule has 1 N–H and O–H groups in total. The normalized spacial score (nSPS) is 10.3. The zero-order valence-corrected chi connectivity index (χ0v) is 14.2. The second-order valence-electron chi connectivity index (χ2n) is 5.87. The molecule has 2 aromatic carbocycles. The van der Waals surface area contributed by atoms with E-state index in [1.807, 2.05) is 48.5 Å². The third kappa shape index (κ3) is 4.44. The Balaban J connectivity index is 1.71. The lowest BCUT2D eigenvalue weighted by atomic mass is 10.0. The fourth-order valence-electron chi connectivity index (χ4n) is 2.71. The van der Waals surface area contributed by atoms with Crippen LogP contribution in [0.1, 0.15) is 16.7 Å². The van der Waals surface area contributed by atoms with Crippen molar-refractivity contribution in [3.63, 3.8) is 0 Å². The van der Waals surface area contributed by atoms with Crippen LogP contribution in [0.5, 0.6) is 0 Å². The minimum atomic E-state index is -0.135. The van der Waals surface area contributed by atoms with Gasteiger partial charge < -0.3 is 5.32 Å². The number of amides is 2. The van der Waals surface area contributed by atoms with Crippen molar-refractivity contribution in [3.8, 4) is 0 Å². The number of benzene rings is 2. The molecule has 3 rings (SSSR count). The Morgan fingerprint density at radius 3 is 2.44 bits per heavy atom. The van der Waals surface area contributed by atoms with Crippen molar-refractivity contribution < 1.29 is 4.79 Å². The number of aromatic nitrogens is 1. The summed E-state index contributed by atoms with van der Waals surface area (Å²) in [4.78, 5) is 18.2. The Morgan fingerprint density at radius 2 is 1.68 bits per heavy atom. The SMILES string of the molecule is CN(C(=O)NCc1cccnc1)c1ccccc1Cc1ccccc1. The lowest BCUT2D eigenvalue weighted by molar-refractivity contribution is 0.247. The van der Waals surface area contributed by atoms with Crippen LogP contribution in [-0.4, -0.2) is 18.1 Å². The van der Waals surface area contributed by atoms with Gasteiger partial charge in [0.2, 0.25) is 0 Å². The van der Waals surface area contributed by atoms with Gasteiger partial charge in [-0.25, -0.2) is 4.79 Å². The van der Waals surface area contributed by atoms with Crippen LogP contribution in [0.15, 0.2) is 79.1 Å². The van der Waals surface area contributed by atoms with Crippen LogP contribution >= 0.6 is 0 Å². The summed E-state index contributed by atoms with van der Waals surface area (Å²) in [6.07, 6.45) is 4.26. The molecule has 0 radical (unpaired) electrons. The average molecular weight is 331 g/mol. The molecule has 0 aliphatic heterocycles. The largest absolute Gasteiger partial charge is 0.334 e. The van der Waals surface area contributed by atoms with Gasteiger partial charge in [0.1, 0.15) is 0 Å². The standard InChI is InChI=1S/C21H21N3O/c1-24(21(25)23-16-18-10-7-13-22-15-18)20-12-6-5-11-19(20)14-17-8-3-2-4-9-17/h2-13,15H,14,16H2,1H3,(H,23,25). The quantitative estimate of drug-likeness (QED) is 0.767. The molecule has 25 heavy (non-hydrogen) atoms. The first kappa shape index (κ1) is 16.7. The number of urea groups is 1. The maximum absolute atomic E-state index is 12.5. The zero-order chi connectivity index (χ0) is 17.5. The molecular weight excluding hydrogens is 310 g/mol. The van der Waals surface area contributed by atoms with Crippen molar-refractivity contribution in [2.75, 3.05) is 11.9 Å². The predicted octanol–water partition coefficient (Wildman–Crippen LogP) is 4.02. The first-order valence-electron chi connectivity index (χ1n) is 8.26. The van der Waals surface area contributed by atoms with E-state index in [9.17, 15) is 4.79 Å². The number of hydrogen-bond acceptors (Lipinski definition) is 2. The average Bonchev–Trinajstić information content (AvgIpc) is 2.67. The number of rotatable bonds is 5. The third-order valence-corrected chi connectivity index (χ3v) is 4.06. The molecule has 2 amide bonds. The minimum Gasteiger partial charge on any atom is -0.334 e. The first-order chi connectivity index (χ1) is 12.2. The smallest absolute Gasteiger partial charge is 0.321 e. The van der Waals surface area contributed by atoms with Crippen molar-refractivity contribution in [2.45, 2.75) is 13.0 Å². The second-order valence-corrected chi connectivity index (χ2v) is 5.87. The molecule has 0 fully saturated rings. The molecule has 126 valence electrons. The Bertz CT molecular complexity index is 819. The molecule has 0 bridgehead atoms. The molecule has 4 nitrogen and oxygen atoms in total. The molecule has 4 heteroatoms. The molecule has 0 saturated carbocycles. The van der Waals surface area contributed by atoms with Gasteiger partial charge in [-0.2, -0.15) is 0 Å². The van der Waals surface area contributed by atoms with E-state index < -0.39 is 0 Å². The predicted molar refractivity (Wildman–Crippen MR) is 101 cm³/mol. The summed E-state index contributed by atoms with van der Waals surface area (Å²) in [5.74, 6) is 0. The van der Waals surface area contributed by atoms with E-state index in [-0.39, 0.29) is 6.03 Å². The maximum Gasteiger partial charge on any atom is 0.321 e. The highest BCUT2D eigenvalue weighted by Gasteiger charge is 2.14. The zero-order valence-electron chi connectivity index (χ0n) is 14.2. The summed E-state index contributed by atoms with van der Waals surface area (Å²) in [6, 6.07) is 21.9. The van der Waals surface area contributed by atoms with Crippen LogP contribution in [0.3, 0.4) is 0 Å². The molecule has 0 saturated heterocycles. The van der Waals surface area contributed by atoms with Gasteiger partial charge in [0.15, 0.2) is 0 Å². The Kier molecular flexibility index (Phi) is 5.42. The van der Waals surface area contributed by atoms with Crippen molar-refractivity contribution >= 4 is 11.7 Å². The monoisotopic (exact) mass is 331 g/mol. The van der Waals surface area contributed by atoms with Gasteiger partial charge in [0, 0.05) is 31.7 Å². The van der Waals surface area contributed by atoms with Crippen LogP contribution in [-0.2, 0) is 13.0 Å². The van der Waals surface area contributed by atoms with E-state index in [1.165, 1.54) is 5.56 Å². The Hall–Kier alpha value is -3.14. The van der Waals surface area contributed by atoms with Crippen LogP contribution < -0.4 is 10.2 Å². The number of pyridine rings is 1. The van der Waals surface area contributed by atoms with Crippen molar-refractivity contribution in [3.05, 3.63) is 95.8 Å². The Morgan fingerprint density at radius 1 is 0.960 bits per heavy atom. The summed E-state index contributed by atoms with van der Waals surface area (Å²) in [5.41, 5.74) is 4.23. The number of hydrogen-bond donors (Lipinski definition) is 1. The number of nitrogens with one attached hydrogen (secondary N) is 1. The van der Waals surface area contributed by atoms with Gasteiger partial charge in [-0.15, -0.1) is 0 Å². The lowest BCUT2D eigenvalue weighted by Crippen LogP contribution is -2.37. The first-order valence-corrected chi connectivity index (χ1v) is 8.26. The molecule has 1 aromatic heterocycles.